The lowest BCUT2D eigenvalue weighted by Crippen LogP contribution is -1.93. The molecule has 0 aliphatic carbocycles. The van der Waals surface area contributed by atoms with Gasteiger partial charge < -0.3 is 10.5 Å². The minimum absolute atomic E-state index is 0.135. The number of aromatic nitrogens is 1. The summed E-state index contributed by atoms with van der Waals surface area (Å²) < 4.78 is 20.1. The average Bonchev–Trinajstić information content (AvgIpc) is 2.46. The van der Waals surface area contributed by atoms with Gasteiger partial charge in [-0.05, 0) is 42.5 Å². The number of hydrogen-bond acceptors (Lipinski definition) is 3. The van der Waals surface area contributed by atoms with Gasteiger partial charge in [0.25, 0.3) is 0 Å². The molecule has 1 aromatic heterocycles. The van der Waals surface area contributed by atoms with Crippen LogP contribution in [0, 0.1) is 5.82 Å². The predicted molar refractivity (Wildman–Crippen MR) is 80.3 cm³/mol. The van der Waals surface area contributed by atoms with Crippen LogP contribution in [-0.4, -0.2) is 4.98 Å². The van der Waals surface area contributed by atoms with Gasteiger partial charge in [0.2, 0.25) is 0 Å². The fourth-order valence-corrected chi connectivity index (χ4v) is 2.27. The summed E-state index contributed by atoms with van der Waals surface area (Å²) in [6, 6.07) is 11.6. The number of pyridine rings is 1. The number of hydrogen-bond donors (Lipinski definition) is 1. The molecule has 0 radical (unpaired) electrons. The van der Waals surface area contributed by atoms with Crippen molar-refractivity contribution >= 4 is 32.5 Å². The van der Waals surface area contributed by atoms with E-state index in [0.717, 1.165) is 9.86 Å². The fraction of sp³-hybridized carbons (Fsp3) is 0. The summed E-state index contributed by atoms with van der Waals surface area (Å²) in [5.41, 5.74) is 7.11. The van der Waals surface area contributed by atoms with Gasteiger partial charge in [-0.3, -0.25) is 4.98 Å². The molecule has 0 saturated heterocycles. The molecule has 0 spiro atoms. The molecule has 2 N–H and O–H groups in total. The van der Waals surface area contributed by atoms with Crippen molar-refractivity contribution < 1.29 is 9.13 Å². The van der Waals surface area contributed by atoms with Gasteiger partial charge in [-0.1, -0.05) is 15.9 Å². The molecule has 3 aromatic rings. The number of halogens is 2. The number of nitrogen functional groups attached to an aromatic ring is 1. The van der Waals surface area contributed by atoms with Crippen LogP contribution in [0.5, 0.6) is 11.5 Å². The third-order valence-electron chi connectivity index (χ3n) is 2.88. The maximum atomic E-state index is 13.7. The number of fused-ring (bicyclic) bond motifs is 1. The predicted octanol–water partition coefficient (Wildman–Crippen LogP) is 4.51. The lowest BCUT2D eigenvalue weighted by molar-refractivity contribution is 0.445. The Bertz CT molecular complexity index is 792. The molecule has 0 fully saturated rings. The van der Waals surface area contributed by atoms with Gasteiger partial charge in [0.15, 0.2) is 17.3 Å². The van der Waals surface area contributed by atoms with Gasteiger partial charge in [0, 0.05) is 21.7 Å². The van der Waals surface area contributed by atoms with Gasteiger partial charge in [-0.15, -0.1) is 0 Å². The Hall–Kier alpha value is -2.14. The fourth-order valence-electron chi connectivity index (χ4n) is 1.93. The van der Waals surface area contributed by atoms with Crippen LogP contribution in [0.3, 0.4) is 0 Å². The molecule has 0 unspecified atom stereocenters. The van der Waals surface area contributed by atoms with E-state index in [1.54, 1.807) is 36.5 Å². The van der Waals surface area contributed by atoms with E-state index in [-0.39, 0.29) is 5.75 Å². The van der Waals surface area contributed by atoms with Gasteiger partial charge in [0.05, 0.1) is 0 Å². The largest absolute Gasteiger partial charge is 0.452 e. The third kappa shape index (κ3) is 2.32. The molecular weight excluding hydrogens is 323 g/mol. The Kier molecular flexibility index (Phi) is 3.28. The molecule has 0 saturated carbocycles. The molecule has 100 valence electrons. The highest BCUT2D eigenvalue weighted by atomic mass is 79.9. The number of ether oxygens (including phenoxy) is 1. The number of anilines is 1. The molecule has 20 heavy (non-hydrogen) atoms. The van der Waals surface area contributed by atoms with E-state index >= 15 is 0 Å². The minimum atomic E-state index is -0.436. The SMILES string of the molecule is Nc1ccc(Oc2cc(Br)ccc2F)c2ncccc12. The van der Waals surface area contributed by atoms with Crippen molar-refractivity contribution in [1.82, 2.24) is 4.98 Å². The molecule has 0 aliphatic rings. The van der Waals surface area contributed by atoms with Crippen molar-refractivity contribution in [3.05, 3.63) is 59.0 Å². The zero-order chi connectivity index (χ0) is 14.1. The van der Waals surface area contributed by atoms with Crippen LogP contribution in [0.25, 0.3) is 10.9 Å². The summed E-state index contributed by atoms with van der Waals surface area (Å²) in [6.45, 7) is 0. The standard InChI is InChI=1S/C15H10BrFN2O/c16-9-3-4-11(17)14(8-9)20-13-6-5-12(18)10-2-1-7-19-15(10)13/h1-8H,18H2. The Morgan fingerprint density at radius 2 is 1.95 bits per heavy atom. The minimum Gasteiger partial charge on any atom is -0.452 e. The summed E-state index contributed by atoms with van der Waals surface area (Å²) in [6.07, 6.45) is 1.64. The van der Waals surface area contributed by atoms with E-state index in [1.807, 2.05) is 6.07 Å². The molecule has 3 rings (SSSR count). The first kappa shape index (κ1) is 12.9. The Labute approximate surface area is 123 Å². The molecule has 0 amide bonds. The van der Waals surface area contributed by atoms with Crippen molar-refractivity contribution in [3.8, 4) is 11.5 Å². The second kappa shape index (κ2) is 5.09. The Morgan fingerprint density at radius 1 is 1.10 bits per heavy atom. The zero-order valence-electron chi connectivity index (χ0n) is 10.3. The first-order chi connectivity index (χ1) is 9.65. The van der Waals surface area contributed by atoms with Crippen LogP contribution in [0.1, 0.15) is 0 Å². The monoisotopic (exact) mass is 332 g/mol. The molecule has 0 aliphatic heterocycles. The topological polar surface area (TPSA) is 48.1 Å². The van der Waals surface area contributed by atoms with E-state index < -0.39 is 5.82 Å². The highest BCUT2D eigenvalue weighted by Gasteiger charge is 2.10. The van der Waals surface area contributed by atoms with E-state index in [1.165, 1.54) is 6.07 Å². The molecule has 2 aromatic carbocycles. The van der Waals surface area contributed by atoms with Crippen LogP contribution in [0.4, 0.5) is 10.1 Å². The van der Waals surface area contributed by atoms with Gasteiger partial charge in [0.1, 0.15) is 5.52 Å². The summed E-state index contributed by atoms with van der Waals surface area (Å²) in [5, 5.41) is 0.778. The van der Waals surface area contributed by atoms with Crippen LogP contribution >= 0.6 is 15.9 Å². The summed E-state index contributed by atoms with van der Waals surface area (Å²) in [4.78, 5) is 4.25. The molecule has 3 nitrogen and oxygen atoms in total. The summed E-state index contributed by atoms with van der Waals surface area (Å²) in [5.74, 6) is 0.164. The normalized spacial score (nSPS) is 10.7. The zero-order valence-corrected chi connectivity index (χ0v) is 11.9. The lowest BCUT2D eigenvalue weighted by Gasteiger charge is -2.10. The Morgan fingerprint density at radius 3 is 2.80 bits per heavy atom. The molecule has 5 heteroatoms. The molecule has 0 atom stereocenters. The van der Waals surface area contributed by atoms with E-state index in [9.17, 15) is 4.39 Å². The molecule has 0 bridgehead atoms. The second-order valence-corrected chi connectivity index (χ2v) is 5.14. The van der Waals surface area contributed by atoms with E-state index in [4.69, 9.17) is 10.5 Å². The van der Waals surface area contributed by atoms with Crippen molar-refractivity contribution in [1.29, 1.82) is 0 Å². The number of nitrogens with two attached hydrogens (primary N) is 1. The van der Waals surface area contributed by atoms with Crippen molar-refractivity contribution in [3.63, 3.8) is 0 Å². The van der Waals surface area contributed by atoms with Gasteiger partial charge in [-0.25, -0.2) is 4.39 Å². The Balaban J connectivity index is 2.11. The molecule has 1 heterocycles. The number of rotatable bonds is 2. The van der Waals surface area contributed by atoms with Crippen molar-refractivity contribution in [2.45, 2.75) is 0 Å². The van der Waals surface area contributed by atoms with Crippen LogP contribution in [0.2, 0.25) is 0 Å². The van der Waals surface area contributed by atoms with Crippen LogP contribution in [-0.2, 0) is 0 Å². The van der Waals surface area contributed by atoms with Gasteiger partial charge in [-0.2, -0.15) is 0 Å². The average molecular weight is 333 g/mol. The second-order valence-electron chi connectivity index (χ2n) is 4.23. The highest BCUT2D eigenvalue weighted by Crippen LogP contribution is 2.33. The maximum absolute atomic E-state index is 13.7. The third-order valence-corrected chi connectivity index (χ3v) is 3.37. The first-order valence-corrected chi connectivity index (χ1v) is 6.70. The first-order valence-electron chi connectivity index (χ1n) is 5.91. The van der Waals surface area contributed by atoms with Crippen molar-refractivity contribution in [2.75, 3.05) is 5.73 Å². The number of benzene rings is 2. The quantitative estimate of drug-likeness (QED) is 0.702. The van der Waals surface area contributed by atoms with Crippen LogP contribution < -0.4 is 10.5 Å². The maximum Gasteiger partial charge on any atom is 0.165 e. The highest BCUT2D eigenvalue weighted by molar-refractivity contribution is 9.10. The molecular formula is C15H10BrFN2O. The smallest absolute Gasteiger partial charge is 0.165 e. The summed E-state index contributed by atoms with van der Waals surface area (Å²) in [7, 11) is 0. The van der Waals surface area contributed by atoms with Crippen molar-refractivity contribution in [2.24, 2.45) is 0 Å². The van der Waals surface area contributed by atoms with Crippen LogP contribution in [0.15, 0.2) is 53.1 Å². The van der Waals surface area contributed by atoms with E-state index in [2.05, 4.69) is 20.9 Å². The van der Waals surface area contributed by atoms with E-state index in [0.29, 0.717) is 17.0 Å². The lowest BCUT2D eigenvalue weighted by atomic mass is 10.1. The van der Waals surface area contributed by atoms with Gasteiger partial charge >= 0.3 is 0 Å². The number of nitrogens with zero attached hydrogens (tertiary/aromatic N) is 1. The summed E-state index contributed by atoms with van der Waals surface area (Å²) >= 11 is 3.29.